The molecule has 2 aromatic carbocycles. The molecule has 0 saturated carbocycles. The van der Waals surface area contributed by atoms with Gasteiger partial charge in [0.15, 0.2) is 0 Å². The zero-order chi connectivity index (χ0) is 16.1. The van der Waals surface area contributed by atoms with E-state index in [1.165, 1.54) is 0 Å². The highest BCUT2D eigenvalue weighted by Gasteiger charge is 2.11. The minimum absolute atomic E-state index is 0.145. The molecule has 5 heteroatoms. The molecule has 2 aromatic rings. The molecule has 0 radical (unpaired) electrons. The van der Waals surface area contributed by atoms with Crippen LogP contribution in [0.5, 0.6) is 0 Å². The van der Waals surface area contributed by atoms with Crippen LogP contribution in [0.4, 0.5) is 5.69 Å². The van der Waals surface area contributed by atoms with Crippen molar-refractivity contribution in [1.82, 2.24) is 5.32 Å². The fraction of sp³-hybridized carbons (Fsp3) is 0.235. The van der Waals surface area contributed by atoms with E-state index < -0.39 is 6.10 Å². The van der Waals surface area contributed by atoms with Crippen molar-refractivity contribution in [3.63, 3.8) is 0 Å². The minimum Gasteiger partial charge on any atom is -0.387 e. The van der Waals surface area contributed by atoms with Crippen LogP contribution in [0.1, 0.15) is 22.0 Å². The number of aliphatic hydroxyl groups excluding tert-OH is 1. The molecule has 0 fully saturated rings. The standard InChI is InChI=1S/C17H19ClN2O2/c1-20(2)15-5-3-4-13(10-15)17(22)19-11-16(21)12-6-8-14(18)9-7-12/h3-10,16,21H,11H2,1-2H3,(H,19,22). The van der Waals surface area contributed by atoms with Gasteiger partial charge in [0.25, 0.3) is 5.91 Å². The van der Waals surface area contributed by atoms with Gasteiger partial charge in [0.2, 0.25) is 0 Å². The van der Waals surface area contributed by atoms with Gasteiger partial charge in [-0.1, -0.05) is 29.8 Å². The summed E-state index contributed by atoms with van der Waals surface area (Å²) in [6.07, 6.45) is -0.766. The summed E-state index contributed by atoms with van der Waals surface area (Å²) in [4.78, 5) is 14.1. The first-order valence-electron chi connectivity index (χ1n) is 6.96. The van der Waals surface area contributed by atoms with Gasteiger partial charge in [-0.15, -0.1) is 0 Å². The number of rotatable bonds is 5. The van der Waals surface area contributed by atoms with Crippen LogP contribution in [-0.4, -0.2) is 31.7 Å². The van der Waals surface area contributed by atoms with Crippen molar-refractivity contribution in [2.75, 3.05) is 25.5 Å². The van der Waals surface area contributed by atoms with Gasteiger partial charge in [0.05, 0.1) is 6.10 Å². The highest BCUT2D eigenvalue weighted by atomic mass is 35.5. The van der Waals surface area contributed by atoms with Crippen molar-refractivity contribution in [2.24, 2.45) is 0 Å². The summed E-state index contributed by atoms with van der Waals surface area (Å²) >= 11 is 5.81. The molecule has 0 saturated heterocycles. The maximum Gasteiger partial charge on any atom is 0.251 e. The molecule has 0 aromatic heterocycles. The Balaban J connectivity index is 1.97. The molecule has 1 amide bonds. The van der Waals surface area contributed by atoms with Gasteiger partial charge in [-0.3, -0.25) is 4.79 Å². The van der Waals surface area contributed by atoms with Crippen molar-refractivity contribution in [3.05, 3.63) is 64.7 Å². The van der Waals surface area contributed by atoms with Crippen LogP contribution in [0.25, 0.3) is 0 Å². The van der Waals surface area contributed by atoms with Crippen molar-refractivity contribution in [2.45, 2.75) is 6.10 Å². The topological polar surface area (TPSA) is 52.6 Å². The fourth-order valence-corrected chi connectivity index (χ4v) is 2.15. The Morgan fingerprint density at radius 2 is 1.91 bits per heavy atom. The number of amides is 1. The number of nitrogens with zero attached hydrogens (tertiary/aromatic N) is 1. The van der Waals surface area contributed by atoms with Crippen LogP contribution < -0.4 is 10.2 Å². The zero-order valence-corrected chi connectivity index (χ0v) is 13.3. The van der Waals surface area contributed by atoms with Crippen molar-refractivity contribution in [1.29, 1.82) is 0 Å². The Hall–Kier alpha value is -2.04. The molecule has 0 aliphatic rings. The molecule has 0 aliphatic carbocycles. The van der Waals surface area contributed by atoms with E-state index in [0.717, 1.165) is 5.69 Å². The fourth-order valence-electron chi connectivity index (χ4n) is 2.02. The van der Waals surface area contributed by atoms with Crippen LogP contribution in [0.15, 0.2) is 48.5 Å². The van der Waals surface area contributed by atoms with E-state index >= 15 is 0 Å². The third-order valence-corrected chi connectivity index (χ3v) is 3.59. The molecule has 0 bridgehead atoms. The summed E-state index contributed by atoms with van der Waals surface area (Å²) in [5.41, 5.74) is 2.23. The molecular formula is C17H19ClN2O2. The molecule has 1 atom stereocenters. The van der Waals surface area contributed by atoms with Crippen LogP contribution in [0, 0.1) is 0 Å². The van der Waals surface area contributed by atoms with Gasteiger partial charge >= 0.3 is 0 Å². The minimum atomic E-state index is -0.766. The predicted octanol–water partition coefficient (Wildman–Crippen LogP) is 2.87. The van der Waals surface area contributed by atoms with Gasteiger partial charge in [0.1, 0.15) is 0 Å². The molecule has 1 unspecified atom stereocenters. The second-order valence-electron chi connectivity index (χ2n) is 5.22. The van der Waals surface area contributed by atoms with E-state index in [4.69, 9.17) is 11.6 Å². The number of carbonyl (C=O) groups excluding carboxylic acids is 1. The number of anilines is 1. The molecule has 2 N–H and O–H groups in total. The Labute approximate surface area is 135 Å². The first-order chi connectivity index (χ1) is 10.5. The molecule has 2 rings (SSSR count). The van der Waals surface area contributed by atoms with Gasteiger partial charge in [0, 0.05) is 36.9 Å². The van der Waals surface area contributed by atoms with Crippen LogP contribution in [0.3, 0.4) is 0 Å². The molecule has 0 spiro atoms. The number of hydrogen-bond acceptors (Lipinski definition) is 3. The Morgan fingerprint density at radius 1 is 1.23 bits per heavy atom. The number of aliphatic hydroxyl groups is 1. The third-order valence-electron chi connectivity index (χ3n) is 3.34. The first-order valence-corrected chi connectivity index (χ1v) is 7.34. The maximum absolute atomic E-state index is 12.1. The Morgan fingerprint density at radius 3 is 2.55 bits per heavy atom. The molecule has 116 valence electrons. The largest absolute Gasteiger partial charge is 0.387 e. The van der Waals surface area contributed by atoms with Crippen molar-refractivity contribution in [3.8, 4) is 0 Å². The number of hydrogen-bond donors (Lipinski definition) is 2. The molecule has 4 nitrogen and oxygen atoms in total. The summed E-state index contributed by atoms with van der Waals surface area (Å²) in [6.45, 7) is 0.145. The predicted molar refractivity (Wildman–Crippen MR) is 89.5 cm³/mol. The summed E-state index contributed by atoms with van der Waals surface area (Å²) in [6, 6.07) is 14.2. The van der Waals surface area contributed by atoms with Crippen LogP contribution >= 0.6 is 11.6 Å². The number of nitrogens with one attached hydrogen (secondary N) is 1. The molecule has 0 aliphatic heterocycles. The summed E-state index contributed by atoms with van der Waals surface area (Å²) < 4.78 is 0. The third kappa shape index (κ3) is 4.23. The van der Waals surface area contributed by atoms with E-state index in [1.807, 2.05) is 37.2 Å². The van der Waals surface area contributed by atoms with E-state index in [9.17, 15) is 9.90 Å². The second kappa shape index (κ2) is 7.29. The quantitative estimate of drug-likeness (QED) is 0.891. The second-order valence-corrected chi connectivity index (χ2v) is 5.66. The van der Waals surface area contributed by atoms with E-state index in [-0.39, 0.29) is 12.5 Å². The average Bonchev–Trinajstić information content (AvgIpc) is 2.53. The lowest BCUT2D eigenvalue weighted by atomic mass is 10.1. The van der Waals surface area contributed by atoms with Gasteiger partial charge in [-0.2, -0.15) is 0 Å². The van der Waals surface area contributed by atoms with Crippen molar-refractivity contribution < 1.29 is 9.90 Å². The van der Waals surface area contributed by atoms with Crippen LogP contribution in [-0.2, 0) is 0 Å². The lowest BCUT2D eigenvalue weighted by molar-refractivity contribution is 0.0916. The van der Waals surface area contributed by atoms with E-state index in [1.54, 1.807) is 30.3 Å². The number of benzene rings is 2. The maximum atomic E-state index is 12.1. The zero-order valence-electron chi connectivity index (χ0n) is 12.6. The monoisotopic (exact) mass is 318 g/mol. The smallest absolute Gasteiger partial charge is 0.251 e. The highest BCUT2D eigenvalue weighted by Crippen LogP contribution is 2.16. The van der Waals surface area contributed by atoms with Gasteiger partial charge in [-0.25, -0.2) is 0 Å². The van der Waals surface area contributed by atoms with E-state index in [2.05, 4.69) is 5.32 Å². The van der Waals surface area contributed by atoms with Crippen molar-refractivity contribution >= 4 is 23.2 Å². The SMILES string of the molecule is CN(C)c1cccc(C(=O)NCC(O)c2ccc(Cl)cc2)c1. The van der Waals surface area contributed by atoms with Crippen LogP contribution in [0.2, 0.25) is 5.02 Å². The Kier molecular flexibility index (Phi) is 5.41. The summed E-state index contributed by atoms with van der Waals surface area (Å²) in [7, 11) is 3.84. The Bertz CT molecular complexity index is 641. The lowest BCUT2D eigenvalue weighted by Gasteiger charge is -2.15. The van der Waals surface area contributed by atoms with Gasteiger partial charge in [-0.05, 0) is 35.9 Å². The number of halogens is 1. The normalized spacial score (nSPS) is 11.8. The molecule has 0 heterocycles. The average molecular weight is 319 g/mol. The molecular weight excluding hydrogens is 300 g/mol. The highest BCUT2D eigenvalue weighted by molar-refractivity contribution is 6.30. The summed E-state index contributed by atoms with van der Waals surface area (Å²) in [5, 5.41) is 13.4. The summed E-state index contributed by atoms with van der Waals surface area (Å²) in [5.74, 6) is -0.211. The molecule has 22 heavy (non-hydrogen) atoms. The number of carbonyl (C=O) groups is 1. The van der Waals surface area contributed by atoms with E-state index in [0.29, 0.717) is 16.1 Å². The van der Waals surface area contributed by atoms with Gasteiger partial charge < -0.3 is 15.3 Å². The first kappa shape index (κ1) is 16.3. The lowest BCUT2D eigenvalue weighted by Crippen LogP contribution is -2.28.